The average Bonchev–Trinajstić information content (AvgIpc) is 2.69. The maximum atomic E-state index is 11.2. The van der Waals surface area contributed by atoms with Gasteiger partial charge in [-0.15, -0.1) is 0 Å². The highest BCUT2D eigenvalue weighted by molar-refractivity contribution is 7.80. The summed E-state index contributed by atoms with van der Waals surface area (Å²) >= 11 is 4.99. The SMILES string of the molecule is CCNC(=S)N/N=C\c1ccc(Oc2ccc([N+](=O)[O-])cc2[N+](=O)[O-])c(OC)c1. The fraction of sp³-hybridized carbons (Fsp3) is 0.176. The fourth-order valence-corrected chi connectivity index (χ4v) is 2.38. The molecule has 0 aliphatic carbocycles. The summed E-state index contributed by atoms with van der Waals surface area (Å²) in [6, 6.07) is 7.91. The Hall–Kier alpha value is -3.80. The standard InChI is InChI=1S/C17H17N5O6S/c1-3-18-17(29)20-19-10-11-4-6-15(16(8-11)27-2)28-14-7-5-12(21(23)24)9-13(14)22(25)26/h4-10H,3H2,1-2H3,(H2,18,20,29)/b19-10-. The summed E-state index contributed by atoms with van der Waals surface area (Å²) in [5, 5.41) is 29.3. The third kappa shape index (κ3) is 5.84. The van der Waals surface area contributed by atoms with Crippen molar-refractivity contribution in [3.8, 4) is 17.2 Å². The lowest BCUT2D eigenvalue weighted by Gasteiger charge is -2.11. The molecule has 2 rings (SSSR count). The lowest BCUT2D eigenvalue weighted by atomic mass is 10.2. The van der Waals surface area contributed by atoms with E-state index in [1.165, 1.54) is 19.4 Å². The van der Waals surface area contributed by atoms with E-state index in [1.807, 2.05) is 6.92 Å². The molecule has 0 aliphatic rings. The third-order valence-corrected chi connectivity index (χ3v) is 3.71. The molecule has 0 fully saturated rings. The van der Waals surface area contributed by atoms with Crippen molar-refractivity contribution in [1.29, 1.82) is 0 Å². The molecule has 152 valence electrons. The number of benzene rings is 2. The van der Waals surface area contributed by atoms with Crippen LogP contribution in [0, 0.1) is 20.2 Å². The number of non-ortho nitro benzene ring substituents is 1. The highest BCUT2D eigenvalue weighted by atomic mass is 32.1. The summed E-state index contributed by atoms with van der Waals surface area (Å²) in [6.45, 7) is 2.56. The summed E-state index contributed by atoms with van der Waals surface area (Å²) in [4.78, 5) is 20.6. The molecule has 2 N–H and O–H groups in total. The van der Waals surface area contributed by atoms with E-state index in [4.69, 9.17) is 21.7 Å². The zero-order valence-corrected chi connectivity index (χ0v) is 16.3. The first kappa shape index (κ1) is 21.5. The molecular formula is C17H17N5O6S. The van der Waals surface area contributed by atoms with Gasteiger partial charge in [0.15, 0.2) is 16.6 Å². The monoisotopic (exact) mass is 419 g/mol. The zero-order chi connectivity index (χ0) is 21.4. The van der Waals surface area contributed by atoms with Crippen LogP contribution in [0.5, 0.6) is 17.2 Å². The Balaban J connectivity index is 2.25. The lowest BCUT2D eigenvalue weighted by molar-refractivity contribution is -0.394. The number of hydrogen-bond donors (Lipinski definition) is 2. The molecule has 0 atom stereocenters. The second-order valence-corrected chi connectivity index (χ2v) is 5.82. The van der Waals surface area contributed by atoms with Gasteiger partial charge in [-0.1, -0.05) is 0 Å². The molecule has 2 aromatic carbocycles. The fourth-order valence-electron chi connectivity index (χ4n) is 2.18. The Labute approximate surface area is 170 Å². The maximum Gasteiger partial charge on any atom is 0.318 e. The smallest absolute Gasteiger partial charge is 0.318 e. The maximum absolute atomic E-state index is 11.2. The number of nitro benzene ring substituents is 2. The van der Waals surface area contributed by atoms with Gasteiger partial charge in [0.05, 0.1) is 29.2 Å². The van der Waals surface area contributed by atoms with Crippen molar-refractivity contribution in [3.05, 3.63) is 62.2 Å². The lowest BCUT2D eigenvalue weighted by Crippen LogP contribution is -2.31. The predicted octanol–water partition coefficient (Wildman–Crippen LogP) is 3.12. The summed E-state index contributed by atoms with van der Waals surface area (Å²) in [6.07, 6.45) is 1.50. The average molecular weight is 419 g/mol. The number of methoxy groups -OCH3 is 1. The molecule has 0 amide bonds. The van der Waals surface area contributed by atoms with Gasteiger partial charge in [0.2, 0.25) is 5.75 Å². The number of nitrogens with zero attached hydrogens (tertiary/aromatic N) is 3. The summed E-state index contributed by atoms with van der Waals surface area (Å²) in [7, 11) is 1.41. The van der Waals surface area contributed by atoms with Gasteiger partial charge < -0.3 is 14.8 Å². The highest BCUT2D eigenvalue weighted by Gasteiger charge is 2.22. The second kappa shape index (κ2) is 9.94. The molecule has 0 aliphatic heterocycles. The topological polar surface area (TPSA) is 141 Å². The van der Waals surface area contributed by atoms with E-state index in [2.05, 4.69) is 15.8 Å². The molecule has 0 bridgehead atoms. The first-order valence-electron chi connectivity index (χ1n) is 8.21. The number of thiocarbonyl (C=S) groups is 1. The van der Waals surface area contributed by atoms with Crippen molar-refractivity contribution < 1.29 is 19.3 Å². The Morgan fingerprint density at radius 3 is 2.48 bits per heavy atom. The minimum atomic E-state index is -0.755. The molecular weight excluding hydrogens is 402 g/mol. The van der Waals surface area contributed by atoms with E-state index in [-0.39, 0.29) is 17.2 Å². The zero-order valence-electron chi connectivity index (χ0n) is 15.4. The summed E-state index contributed by atoms with van der Waals surface area (Å²) < 4.78 is 10.8. The Morgan fingerprint density at radius 1 is 1.14 bits per heavy atom. The molecule has 11 nitrogen and oxygen atoms in total. The van der Waals surface area contributed by atoms with Crippen molar-refractivity contribution in [3.63, 3.8) is 0 Å². The van der Waals surface area contributed by atoms with Crippen molar-refractivity contribution in [2.75, 3.05) is 13.7 Å². The van der Waals surface area contributed by atoms with Crippen LogP contribution in [0.1, 0.15) is 12.5 Å². The van der Waals surface area contributed by atoms with Gasteiger partial charge in [-0.2, -0.15) is 5.10 Å². The van der Waals surface area contributed by atoms with Crippen LogP contribution in [-0.2, 0) is 0 Å². The molecule has 29 heavy (non-hydrogen) atoms. The third-order valence-electron chi connectivity index (χ3n) is 3.47. The van der Waals surface area contributed by atoms with Gasteiger partial charge in [0.1, 0.15) is 0 Å². The summed E-state index contributed by atoms with van der Waals surface area (Å²) in [5.74, 6) is 0.326. The minimum Gasteiger partial charge on any atom is -0.493 e. The Bertz CT molecular complexity index is 965. The molecule has 0 aromatic heterocycles. The van der Waals surface area contributed by atoms with Crippen LogP contribution < -0.4 is 20.2 Å². The number of hydrazone groups is 1. The normalized spacial score (nSPS) is 10.4. The number of nitro groups is 2. The molecule has 12 heteroatoms. The van der Waals surface area contributed by atoms with Crippen LogP contribution in [0.15, 0.2) is 41.5 Å². The van der Waals surface area contributed by atoms with Crippen molar-refractivity contribution in [2.24, 2.45) is 5.10 Å². The van der Waals surface area contributed by atoms with Gasteiger partial charge in [-0.05, 0) is 49.0 Å². The van der Waals surface area contributed by atoms with Gasteiger partial charge in [-0.3, -0.25) is 25.7 Å². The van der Waals surface area contributed by atoms with Crippen molar-refractivity contribution >= 4 is 34.9 Å². The highest BCUT2D eigenvalue weighted by Crippen LogP contribution is 2.38. The van der Waals surface area contributed by atoms with E-state index < -0.39 is 21.2 Å². The van der Waals surface area contributed by atoms with Crippen LogP contribution >= 0.6 is 12.2 Å². The van der Waals surface area contributed by atoms with Gasteiger partial charge in [0, 0.05) is 12.6 Å². The molecule has 0 saturated carbocycles. The van der Waals surface area contributed by atoms with Gasteiger partial charge in [-0.25, -0.2) is 0 Å². The summed E-state index contributed by atoms with van der Waals surface area (Å²) in [5.41, 5.74) is 2.35. The van der Waals surface area contributed by atoms with Crippen LogP contribution in [0.4, 0.5) is 11.4 Å². The second-order valence-electron chi connectivity index (χ2n) is 5.41. The van der Waals surface area contributed by atoms with Crippen molar-refractivity contribution in [2.45, 2.75) is 6.92 Å². The van der Waals surface area contributed by atoms with E-state index in [9.17, 15) is 20.2 Å². The largest absolute Gasteiger partial charge is 0.493 e. The minimum absolute atomic E-state index is 0.155. The first-order chi connectivity index (χ1) is 13.8. The van der Waals surface area contributed by atoms with E-state index >= 15 is 0 Å². The number of hydrogen-bond acceptors (Lipinski definition) is 8. The van der Waals surface area contributed by atoms with Gasteiger partial charge >= 0.3 is 5.69 Å². The van der Waals surface area contributed by atoms with Crippen LogP contribution in [0.3, 0.4) is 0 Å². The molecule has 0 saturated heterocycles. The number of nitrogens with one attached hydrogen (secondary N) is 2. The predicted molar refractivity (Wildman–Crippen MR) is 110 cm³/mol. The van der Waals surface area contributed by atoms with Gasteiger partial charge in [0.25, 0.3) is 5.69 Å². The van der Waals surface area contributed by atoms with Crippen molar-refractivity contribution in [1.82, 2.24) is 10.7 Å². The molecule has 0 radical (unpaired) electrons. The molecule has 0 heterocycles. The van der Waals surface area contributed by atoms with E-state index in [1.54, 1.807) is 12.1 Å². The van der Waals surface area contributed by atoms with Crippen LogP contribution in [-0.4, -0.2) is 34.8 Å². The van der Waals surface area contributed by atoms with Crippen LogP contribution in [0.25, 0.3) is 0 Å². The molecule has 0 spiro atoms. The van der Waals surface area contributed by atoms with Crippen LogP contribution in [0.2, 0.25) is 0 Å². The quantitative estimate of drug-likeness (QED) is 0.286. The first-order valence-corrected chi connectivity index (χ1v) is 8.62. The number of rotatable bonds is 8. The van der Waals surface area contributed by atoms with E-state index in [0.717, 1.165) is 18.2 Å². The molecule has 0 unspecified atom stereocenters. The Kier molecular flexibility index (Phi) is 7.37. The number of ether oxygens (including phenoxy) is 2. The molecule has 2 aromatic rings. The Morgan fingerprint density at radius 2 is 1.86 bits per heavy atom. The van der Waals surface area contributed by atoms with E-state index in [0.29, 0.717) is 17.2 Å².